The minimum Gasteiger partial charge on any atom is -0.394 e. The van der Waals surface area contributed by atoms with Crippen LogP contribution in [0.2, 0.25) is 0 Å². The Morgan fingerprint density at radius 1 is 0.667 bits per heavy atom. The fraction of sp³-hybridized carbons (Fsp3) is 0.537. The molecule has 1 aliphatic rings. The van der Waals surface area contributed by atoms with Crippen LogP contribution in [-0.2, 0) is 75.2 Å². The lowest BCUT2D eigenvalue weighted by molar-refractivity contribution is -0.144. The van der Waals surface area contributed by atoms with Crippen LogP contribution < -0.4 is 53.6 Å². The minimum absolute atomic E-state index is 0.0336. The molecule has 0 radical (unpaired) electrons. The summed E-state index contributed by atoms with van der Waals surface area (Å²) in [5, 5.41) is 32.0. The monoisotopic (exact) mass is 1130 g/mol. The van der Waals surface area contributed by atoms with Crippen molar-refractivity contribution in [2.24, 2.45) is 17.6 Å². The van der Waals surface area contributed by atoms with E-state index in [1.807, 2.05) is 13.8 Å². The zero-order valence-corrected chi connectivity index (χ0v) is 47.5. The van der Waals surface area contributed by atoms with Crippen molar-refractivity contribution in [3.05, 3.63) is 71.8 Å². The number of hydrogen-bond donors (Lipinski definition) is 11. The van der Waals surface area contributed by atoms with Crippen LogP contribution in [0.5, 0.6) is 0 Å². The Balaban J connectivity index is 2.12. The summed E-state index contributed by atoms with van der Waals surface area (Å²) in [5.74, 6) is -12.3. The minimum atomic E-state index is -1.85. The third-order valence-corrected chi connectivity index (χ3v) is 13.3. The molecule has 9 atom stereocenters. The van der Waals surface area contributed by atoms with Gasteiger partial charge in [0.1, 0.15) is 54.4 Å². The Hall–Kier alpha value is -8.49. The van der Waals surface area contributed by atoms with Gasteiger partial charge in [0.15, 0.2) is 0 Å². The molecule has 1 heterocycles. The quantitative estimate of drug-likeness (QED) is 0.0807. The molecule has 81 heavy (non-hydrogen) atoms. The molecule has 0 saturated carbocycles. The number of nitrogens with two attached hydrogens (primary N) is 1. The maximum Gasteiger partial charge on any atom is 0.246 e. The van der Waals surface area contributed by atoms with Gasteiger partial charge in [-0.15, -0.1) is 0 Å². The van der Waals surface area contributed by atoms with Crippen LogP contribution >= 0.6 is 0 Å². The maximum atomic E-state index is 14.6. The van der Waals surface area contributed by atoms with Gasteiger partial charge in [-0.3, -0.25) is 62.3 Å². The van der Waals surface area contributed by atoms with Crippen molar-refractivity contribution in [1.29, 1.82) is 0 Å². The van der Waals surface area contributed by atoms with Crippen molar-refractivity contribution in [2.75, 3.05) is 47.4 Å². The fourth-order valence-corrected chi connectivity index (χ4v) is 8.34. The highest BCUT2D eigenvalue weighted by Crippen LogP contribution is 2.15. The fourth-order valence-electron chi connectivity index (χ4n) is 8.34. The van der Waals surface area contributed by atoms with Gasteiger partial charge in [0, 0.05) is 34.0 Å². The first-order chi connectivity index (χ1) is 38.1. The third-order valence-electron chi connectivity index (χ3n) is 13.3. The Kier molecular flexibility index (Phi) is 26.3. The van der Waals surface area contributed by atoms with Crippen molar-refractivity contribution < 1.29 is 67.4 Å². The molecular formula is C54H79N13O14. The zero-order chi connectivity index (χ0) is 60.8. The van der Waals surface area contributed by atoms with E-state index in [1.165, 1.54) is 34.9 Å². The van der Waals surface area contributed by atoms with E-state index >= 15 is 0 Å². The summed E-state index contributed by atoms with van der Waals surface area (Å²) in [6.07, 6.45) is -1.01. The average Bonchev–Trinajstić information content (AvgIpc) is 3.45. The first kappa shape index (κ1) is 66.8. The van der Waals surface area contributed by atoms with Crippen molar-refractivity contribution >= 4 is 76.8 Å². The largest absolute Gasteiger partial charge is 0.394 e. The van der Waals surface area contributed by atoms with Crippen LogP contribution in [0, 0.1) is 11.8 Å². The lowest BCUT2D eigenvalue weighted by Crippen LogP contribution is -2.61. The van der Waals surface area contributed by atoms with Crippen molar-refractivity contribution in [2.45, 2.75) is 129 Å². The second kappa shape index (κ2) is 31.9. The molecule has 1 fully saturated rings. The van der Waals surface area contributed by atoms with E-state index in [2.05, 4.69) is 47.9 Å². The van der Waals surface area contributed by atoms with Crippen LogP contribution in [0.25, 0.3) is 0 Å². The Bertz CT molecular complexity index is 2590. The molecule has 3 rings (SSSR count). The SMILES string of the molecule is CC(C)C[C@H]1C(=O)N[C@@H](C)C(=O)N[C@@H](C(C)C)C(=O)N[C@@H](Cc2ccccc2)C(=O)N[C@@H](C(=O)N(C)[C@@H](C)C(=O)N[C@@H](CO)C(=O)NCC(N)=O)CC(=O)NCC(=O)N[C@@H](C)C(=O)N(C)[C@@H](Cc2ccccc2)C(=O)NCC(=O)N1C. The number of nitrogens with one attached hydrogen (secondary N) is 9. The summed E-state index contributed by atoms with van der Waals surface area (Å²) < 4.78 is 0. The number of amides is 13. The number of aliphatic hydroxyl groups excluding tert-OH is 1. The lowest BCUT2D eigenvalue weighted by Gasteiger charge is -2.32. The number of primary amides is 1. The van der Waals surface area contributed by atoms with Crippen LogP contribution in [0.15, 0.2) is 60.7 Å². The number of hydrogen-bond acceptors (Lipinski definition) is 14. The number of carbonyl (C=O) groups excluding carboxylic acids is 13. The second-order valence-corrected chi connectivity index (χ2v) is 20.6. The molecule has 12 N–H and O–H groups in total. The highest BCUT2D eigenvalue weighted by molar-refractivity contribution is 6.00. The van der Waals surface area contributed by atoms with Crippen molar-refractivity contribution in [3.63, 3.8) is 0 Å². The van der Waals surface area contributed by atoms with Crippen LogP contribution in [0.1, 0.15) is 72.4 Å². The molecule has 2 aromatic rings. The topological polar surface area (TPSA) is 386 Å². The highest BCUT2D eigenvalue weighted by Gasteiger charge is 2.38. The van der Waals surface area contributed by atoms with Gasteiger partial charge in [-0.05, 0) is 50.2 Å². The molecule has 2 aromatic carbocycles. The van der Waals surface area contributed by atoms with E-state index in [-0.39, 0.29) is 25.2 Å². The van der Waals surface area contributed by atoms with Gasteiger partial charge in [0.25, 0.3) is 0 Å². The third kappa shape index (κ3) is 20.9. The molecule has 0 unspecified atom stereocenters. The Morgan fingerprint density at radius 2 is 1.26 bits per heavy atom. The molecule has 27 nitrogen and oxygen atoms in total. The number of benzene rings is 2. The zero-order valence-electron chi connectivity index (χ0n) is 47.5. The summed E-state index contributed by atoms with van der Waals surface area (Å²) in [6.45, 7) is 7.83. The van der Waals surface area contributed by atoms with Gasteiger partial charge >= 0.3 is 0 Å². The molecule has 0 spiro atoms. The molecule has 1 aliphatic heterocycles. The van der Waals surface area contributed by atoms with E-state index in [0.717, 1.165) is 21.7 Å². The predicted octanol–water partition coefficient (Wildman–Crippen LogP) is -4.15. The van der Waals surface area contributed by atoms with E-state index < -0.39 is 170 Å². The van der Waals surface area contributed by atoms with E-state index in [1.54, 1.807) is 74.5 Å². The Morgan fingerprint density at radius 3 is 1.81 bits per heavy atom. The summed E-state index contributed by atoms with van der Waals surface area (Å²) in [4.78, 5) is 180. The van der Waals surface area contributed by atoms with Gasteiger partial charge < -0.3 is 73.4 Å². The number of likely N-dealkylation sites (N-methyl/N-ethyl adjacent to an activating group) is 3. The summed E-state index contributed by atoms with van der Waals surface area (Å²) in [5.41, 5.74) is 6.24. The molecule has 1 saturated heterocycles. The molecule has 27 heteroatoms. The van der Waals surface area contributed by atoms with Crippen LogP contribution in [0.4, 0.5) is 0 Å². The van der Waals surface area contributed by atoms with Gasteiger partial charge in [0.05, 0.1) is 32.7 Å². The summed E-state index contributed by atoms with van der Waals surface area (Å²) in [7, 11) is 3.83. The summed E-state index contributed by atoms with van der Waals surface area (Å²) in [6, 6.07) is 4.16. The molecule has 0 aromatic heterocycles. The molecule has 444 valence electrons. The van der Waals surface area contributed by atoms with Crippen molar-refractivity contribution in [3.8, 4) is 0 Å². The standard InChI is InChI=1S/C54H79N13O14/c1-29(2)21-39-51(78)60-31(5)46(73)64-45(30(3)4)52(79)61-36(22-34-17-13-11-14-18-34)49(76)62-37(54(81)65(8)33(7)47(74)63-38(28-68)48(75)57-25-41(55)69)24-42(70)56-26-43(71)59-32(6)53(80)67(10)40(23-35-19-15-12-16-20-35)50(77)58-27-44(72)66(39)9/h11-20,29-33,36-40,45,68H,21-28H2,1-10H3,(H2,55,69)(H,56,70)(H,57,75)(H,58,77)(H,59,71)(H,60,78)(H,61,79)(H,62,76)(H,63,74)(H,64,73)/t31-,32-,33-,36-,37+,38-,39-,40-,45-/m0/s1. The average molecular weight is 1130 g/mol. The first-order valence-corrected chi connectivity index (χ1v) is 26.5. The van der Waals surface area contributed by atoms with Crippen LogP contribution in [-0.4, -0.2) is 198 Å². The van der Waals surface area contributed by atoms with Gasteiger partial charge in [-0.2, -0.15) is 0 Å². The molecule has 0 aliphatic carbocycles. The number of rotatable bonds is 15. The van der Waals surface area contributed by atoms with Gasteiger partial charge in [-0.1, -0.05) is 88.4 Å². The smallest absolute Gasteiger partial charge is 0.246 e. The molecular weight excluding hydrogens is 1050 g/mol. The molecule has 13 amide bonds. The number of carbonyl (C=O) groups is 13. The normalized spacial score (nSPS) is 22.7. The second-order valence-electron chi connectivity index (χ2n) is 20.6. The highest BCUT2D eigenvalue weighted by atomic mass is 16.3. The Labute approximate surface area is 470 Å². The number of aliphatic hydroxyl groups is 1. The number of nitrogens with zero attached hydrogens (tertiary/aromatic N) is 3. The van der Waals surface area contributed by atoms with E-state index in [4.69, 9.17) is 5.73 Å². The molecule has 0 bridgehead atoms. The first-order valence-electron chi connectivity index (χ1n) is 26.5. The van der Waals surface area contributed by atoms with E-state index in [0.29, 0.717) is 11.1 Å². The van der Waals surface area contributed by atoms with Crippen molar-refractivity contribution in [1.82, 2.24) is 62.6 Å². The van der Waals surface area contributed by atoms with Gasteiger partial charge in [0.2, 0.25) is 76.8 Å². The van der Waals surface area contributed by atoms with Gasteiger partial charge in [-0.25, -0.2) is 0 Å². The maximum absolute atomic E-state index is 14.6. The predicted molar refractivity (Wildman–Crippen MR) is 293 cm³/mol. The van der Waals surface area contributed by atoms with E-state index in [9.17, 15) is 67.4 Å². The lowest BCUT2D eigenvalue weighted by atomic mass is 10.00. The summed E-state index contributed by atoms with van der Waals surface area (Å²) >= 11 is 0. The van der Waals surface area contributed by atoms with Crippen LogP contribution in [0.3, 0.4) is 0 Å².